The molecule has 8 heteroatoms. The standard InChI is InChI=1S/C19H13NO7/c20-17(21)12-7-10-5-6-11(8-15(10)27-18(12)22)25-19(23)16-9-24-13-3-1-2-4-14(13)26-16/h1-8,16H,9H2,(H2,20,21). The van der Waals surface area contributed by atoms with E-state index in [1.165, 1.54) is 18.2 Å². The van der Waals surface area contributed by atoms with Gasteiger partial charge in [0.25, 0.3) is 5.91 Å². The average molecular weight is 367 g/mol. The van der Waals surface area contributed by atoms with Crippen molar-refractivity contribution in [2.75, 3.05) is 6.61 Å². The van der Waals surface area contributed by atoms with E-state index < -0.39 is 23.6 Å². The summed E-state index contributed by atoms with van der Waals surface area (Å²) in [5.74, 6) is -0.366. The van der Waals surface area contributed by atoms with Crippen molar-refractivity contribution < 1.29 is 28.2 Å². The lowest BCUT2D eigenvalue weighted by Gasteiger charge is -2.24. The Labute approximate surface area is 152 Å². The molecule has 1 unspecified atom stereocenters. The third kappa shape index (κ3) is 3.20. The number of fused-ring (bicyclic) bond motifs is 2. The SMILES string of the molecule is NC(=O)c1cc2ccc(OC(=O)C3COc4ccccc4O3)cc2oc1=O. The van der Waals surface area contributed by atoms with Gasteiger partial charge >= 0.3 is 11.6 Å². The van der Waals surface area contributed by atoms with Crippen molar-refractivity contribution in [2.45, 2.75) is 6.10 Å². The lowest BCUT2D eigenvalue weighted by Crippen LogP contribution is -2.39. The first-order chi connectivity index (χ1) is 13.0. The topological polar surface area (TPSA) is 118 Å². The van der Waals surface area contributed by atoms with E-state index in [1.807, 2.05) is 0 Å². The quantitative estimate of drug-likeness (QED) is 0.425. The van der Waals surface area contributed by atoms with Crippen LogP contribution < -0.4 is 25.6 Å². The van der Waals surface area contributed by atoms with Gasteiger partial charge in [-0.25, -0.2) is 9.59 Å². The number of benzene rings is 2. The molecule has 136 valence electrons. The summed E-state index contributed by atoms with van der Waals surface area (Å²) >= 11 is 0. The molecule has 0 saturated heterocycles. The van der Waals surface area contributed by atoms with E-state index in [9.17, 15) is 14.4 Å². The fraction of sp³-hybridized carbons (Fsp3) is 0.105. The number of ether oxygens (including phenoxy) is 3. The molecule has 2 aromatic carbocycles. The van der Waals surface area contributed by atoms with E-state index >= 15 is 0 Å². The zero-order valence-corrected chi connectivity index (χ0v) is 13.8. The molecule has 1 aliphatic heterocycles. The second-order valence-corrected chi connectivity index (χ2v) is 5.80. The molecule has 1 atom stereocenters. The van der Waals surface area contributed by atoms with E-state index in [4.69, 9.17) is 24.4 Å². The number of rotatable bonds is 3. The van der Waals surface area contributed by atoms with Gasteiger partial charge in [0.1, 0.15) is 23.5 Å². The molecule has 27 heavy (non-hydrogen) atoms. The normalized spacial score (nSPS) is 15.3. The summed E-state index contributed by atoms with van der Waals surface area (Å²) in [7, 11) is 0. The Balaban J connectivity index is 1.55. The molecular formula is C19H13NO7. The van der Waals surface area contributed by atoms with Crippen molar-refractivity contribution >= 4 is 22.8 Å². The number of hydrogen-bond acceptors (Lipinski definition) is 7. The molecule has 1 aromatic heterocycles. The molecular weight excluding hydrogens is 354 g/mol. The van der Waals surface area contributed by atoms with Crippen LogP contribution >= 0.6 is 0 Å². The van der Waals surface area contributed by atoms with E-state index in [1.54, 1.807) is 30.3 Å². The highest BCUT2D eigenvalue weighted by Gasteiger charge is 2.29. The van der Waals surface area contributed by atoms with E-state index in [0.29, 0.717) is 16.9 Å². The maximum atomic E-state index is 12.3. The lowest BCUT2D eigenvalue weighted by molar-refractivity contribution is -0.144. The van der Waals surface area contributed by atoms with Crippen molar-refractivity contribution in [3.63, 3.8) is 0 Å². The minimum atomic E-state index is -0.931. The van der Waals surface area contributed by atoms with Crippen molar-refractivity contribution in [3.05, 3.63) is 64.5 Å². The van der Waals surface area contributed by atoms with Gasteiger partial charge in [0.2, 0.25) is 6.10 Å². The predicted molar refractivity (Wildman–Crippen MR) is 93.0 cm³/mol. The van der Waals surface area contributed by atoms with Crippen molar-refractivity contribution in [1.82, 2.24) is 0 Å². The molecule has 0 spiro atoms. The Morgan fingerprint density at radius 2 is 1.85 bits per heavy atom. The van der Waals surface area contributed by atoms with Crippen LogP contribution in [0, 0.1) is 0 Å². The van der Waals surface area contributed by atoms with E-state index in [2.05, 4.69) is 0 Å². The van der Waals surface area contributed by atoms with Crippen LogP contribution in [0.15, 0.2) is 57.7 Å². The Hall–Kier alpha value is -3.81. The zero-order valence-electron chi connectivity index (χ0n) is 13.8. The highest BCUT2D eigenvalue weighted by Crippen LogP contribution is 2.31. The number of primary amides is 1. The maximum Gasteiger partial charge on any atom is 0.356 e. The molecule has 2 heterocycles. The van der Waals surface area contributed by atoms with Gasteiger partial charge in [-0.05, 0) is 30.3 Å². The fourth-order valence-electron chi connectivity index (χ4n) is 2.64. The molecule has 0 bridgehead atoms. The van der Waals surface area contributed by atoms with Gasteiger partial charge in [0, 0.05) is 11.5 Å². The average Bonchev–Trinajstić information content (AvgIpc) is 2.66. The van der Waals surface area contributed by atoms with Crippen LogP contribution in [-0.2, 0) is 4.79 Å². The van der Waals surface area contributed by atoms with Crippen LogP contribution in [0.2, 0.25) is 0 Å². The minimum Gasteiger partial charge on any atom is -0.485 e. The lowest BCUT2D eigenvalue weighted by atomic mass is 10.1. The molecule has 4 rings (SSSR count). The first-order valence-electron chi connectivity index (χ1n) is 7.99. The number of carbonyl (C=O) groups is 2. The summed E-state index contributed by atoms with van der Waals surface area (Å²) in [6.45, 7) is 0.0144. The van der Waals surface area contributed by atoms with Gasteiger partial charge in [-0.1, -0.05) is 12.1 Å². The summed E-state index contributed by atoms with van der Waals surface area (Å²) in [5, 5.41) is 0.467. The molecule has 8 nitrogen and oxygen atoms in total. The number of esters is 1. The third-order valence-electron chi connectivity index (χ3n) is 3.96. The number of amides is 1. The number of hydrogen-bond donors (Lipinski definition) is 1. The van der Waals surface area contributed by atoms with Crippen LogP contribution in [-0.4, -0.2) is 24.6 Å². The van der Waals surface area contributed by atoms with Crippen LogP contribution in [0.1, 0.15) is 10.4 Å². The number of para-hydroxylation sites is 2. The van der Waals surface area contributed by atoms with Crippen LogP contribution in [0.3, 0.4) is 0 Å². The Bertz CT molecular complexity index is 1120. The van der Waals surface area contributed by atoms with Gasteiger partial charge in [-0.15, -0.1) is 0 Å². The van der Waals surface area contributed by atoms with Crippen LogP contribution in [0.4, 0.5) is 0 Å². The number of nitrogens with two attached hydrogens (primary N) is 1. The highest BCUT2D eigenvalue weighted by molar-refractivity contribution is 5.95. The maximum absolute atomic E-state index is 12.3. The van der Waals surface area contributed by atoms with Gasteiger partial charge in [-0.2, -0.15) is 0 Å². The summed E-state index contributed by atoms with van der Waals surface area (Å²) in [6, 6.07) is 12.7. The largest absolute Gasteiger partial charge is 0.485 e. The van der Waals surface area contributed by atoms with Gasteiger partial charge in [-0.3, -0.25) is 4.79 Å². The molecule has 3 aromatic rings. The van der Waals surface area contributed by atoms with Gasteiger partial charge in [0.05, 0.1) is 0 Å². The molecule has 0 saturated carbocycles. The predicted octanol–water partition coefficient (Wildman–Crippen LogP) is 1.64. The van der Waals surface area contributed by atoms with Crippen molar-refractivity contribution in [1.29, 1.82) is 0 Å². The molecule has 1 aliphatic rings. The zero-order chi connectivity index (χ0) is 19.0. The first kappa shape index (κ1) is 16.6. The minimum absolute atomic E-state index is 0.0144. The van der Waals surface area contributed by atoms with Crippen LogP contribution in [0.25, 0.3) is 11.0 Å². The Kier molecular flexibility index (Phi) is 4.00. The fourth-order valence-corrected chi connectivity index (χ4v) is 2.64. The Morgan fingerprint density at radius 1 is 1.07 bits per heavy atom. The molecule has 0 radical (unpaired) electrons. The van der Waals surface area contributed by atoms with E-state index in [-0.39, 0.29) is 23.5 Å². The van der Waals surface area contributed by atoms with E-state index in [0.717, 1.165) is 0 Å². The van der Waals surface area contributed by atoms with Crippen LogP contribution in [0.5, 0.6) is 17.2 Å². The van der Waals surface area contributed by atoms with Gasteiger partial charge in [0.15, 0.2) is 11.5 Å². The third-order valence-corrected chi connectivity index (χ3v) is 3.96. The summed E-state index contributed by atoms with van der Waals surface area (Å²) < 4.78 is 21.4. The van der Waals surface area contributed by atoms with Crippen molar-refractivity contribution in [3.8, 4) is 17.2 Å². The second kappa shape index (κ2) is 6.49. The van der Waals surface area contributed by atoms with Gasteiger partial charge < -0.3 is 24.4 Å². The monoisotopic (exact) mass is 367 g/mol. The Morgan fingerprint density at radius 3 is 2.63 bits per heavy atom. The smallest absolute Gasteiger partial charge is 0.356 e. The molecule has 2 N–H and O–H groups in total. The molecule has 0 aliphatic carbocycles. The summed E-state index contributed by atoms with van der Waals surface area (Å²) in [6.07, 6.45) is -0.931. The molecule has 0 fully saturated rings. The highest BCUT2D eigenvalue weighted by atomic mass is 16.6. The summed E-state index contributed by atoms with van der Waals surface area (Å²) in [5.41, 5.74) is 4.16. The molecule has 1 amide bonds. The second-order valence-electron chi connectivity index (χ2n) is 5.80. The summed E-state index contributed by atoms with van der Waals surface area (Å²) in [4.78, 5) is 35.3. The number of carbonyl (C=O) groups excluding carboxylic acids is 2. The van der Waals surface area contributed by atoms with Crippen molar-refractivity contribution in [2.24, 2.45) is 5.73 Å². The first-order valence-corrected chi connectivity index (χ1v) is 7.99.